The zero-order valence-corrected chi connectivity index (χ0v) is 21.7. The summed E-state index contributed by atoms with van der Waals surface area (Å²) in [5.41, 5.74) is 6.36. The van der Waals surface area contributed by atoms with Crippen molar-refractivity contribution in [2.75, 3.05) is 25.6 Å². The van der Waals surface area contributed by atoms with Crippen LogP contribution in [0.4, 0.5) is 5.69 Å². The van der Waals surface area contributed by atoms with Crippen LogP contribution in [0.1, 0.15) is 34.0 Å². The first kappa shape index (κ1) is 25.7. The number of ether oxygens (including phenoxy) is 3. The molecule has 0 aliphatic rings. The second kappa shape index (κ2) is 11.1. The Morgan fingerprint density at radius 1 is 0.946 bits per heavy atom. The Bertz CT molecular complexity index is 1460. The van der Waals surface area contributed by atoms with E-state index >= 15 is 0 Å². The maximum Gasteiger partial charge on any atom is 0.338 e. The second-order valence-electron chi connectivity index (χ2n) is 8.80. The SMILES string of the molecule is CCOC(=O)c1ccc2nc(-c3cccc(OC)c3)cc(OCC(=O)Nc3c(C)cc(C)cc3C)c2c1. The predicted octanol–water partition coefficient (Wildman–Crippen LogP) is 6.03. The Balaban J connectivity index is 1.69. The number of nitrogens with one attached hydrogen (secondary N) is 1. The van der Waals surface area contributed by atoms with E-state index in [9.17, 15) is 9.59 Å². The van der Waals surface area contributed by atoms with Gasteiger partial charge in [0.1, 0.15) is 11.5 Å². The van der Waals surface area contributed by atoms with E-state index in [1.807, 2.05) is 57.2 Å². The second-order valence-corrected chi connectivity index (χ2v) is 8.80. The average Bonchev–Trinajstić information content (AvgIpc) is 2.89. The number of fused-ring (bicyclic) bond motifs is 1. The minimum absolute atomic E-state index is 0.215. The van der Waals surface area contributed by atoms with Gasteiger partial charge in [-0.15, -0.1) is 0 Å². The third-order valence-corrected chi connectivity index (χ3v) is 5.95. The largest absolute Gasteiger partial charge is 0.497 e. The average molecular weight is 499 g/mol. The molecule has 0 aliphatic carbocycles. The number of hydrogen-bond donors (Lipinski definition) is 1. The molecule has 1 N–H and O–H groups in total. The highest BCUT2D eigenvalue weighted by atomic mass is 16.5. The van der Waals surface area contributed by atoms with Crippen LogP contribution in [0.3, 0.4) is 0 Å². The van der Waals surface area contributed by atoms with Gasteiger partial charge in [-0.05, 0) is 69.2 Å². The molecule has 0 atom stereocenters. The molecule has 0 unspecified atom stereocenters. The molecule has 7 heteroatoms. The normalized spacial score (nSPS) is 10.7. The van der Waals surface area contributed by atoms with E-state index in [0.29, 0.717) is 33.7 Å². The molecule has 1 amide bonds. The molecule has 1 heterocycles. The minimum atomic E-state index is -0.435. The molecule has 0 fully saturated rings. The molecule has 0 saturated heterocycles. The van der Waals surface area contributed by atoms with Gasteiger partial charge in [-0.25, -0.2) is 9.78 Å². The lowest BCUT2D eigenvalue weighted by atomic mass is 10.1. The van der Waals surface area contributed by atoms with Gasteiger partial charge in [0, 0.05) is 22.7 Å². The Morgan fingerprint density at radius 2 is 1.70 bits per heavy atom. The molecule has 190 valence electrons. The smallest absolute Gasteiger partial charge is 0.338 e. The van der Waals surface area contributed by atoms with Crippen molar-refractivity contribution in [3.63, 3.8) is 0 Å². The van der Waals surface area contributed by atoms with Gasteiger partial charge in [-0.1, -0.05) is 29.8 Å². The van der Waals surface area contributed by atoms with Crippen molar-refractivity contribution in [1.82, 2.24) is 4.98 Å². The molecule has 37 heavy (non-hydrogen) atoms. The third-order valence-electron chi connectivity index (χ3n) is 5.95. The summed E-state index contributed by atoms with van der Waals surface area (Å²) in [5, 5.41) is 3.57. The Labute approximate surface area is 216 Å². The van der Waals surface area contributed by atoms with Crippen molar-refractivity contribution in [3.8, 4) is 22.8 Å². The first-order valence-corrected chi connectivity index (χ1v) is 12.1. The number of anilines is 1. The summed E-state index contributed by atoms with van der Waals surface area (Å²) < 4.78 is 16.5. The summed E-state index contributed by atoms with van der Waals surface area (Å²) in [4.78, 5) is 30.0. The molecule has 4 rings (SSSR count). The van der Waals surface area contributed by atoms with Gasteiger partial charge in [0.15, 0.2) is 6.61 Å². The highest BCUT2D eigenvalue weighted by molar-refractivity contribution is 5.98. The highest BCUT2D eigenvalue weighted by Crippen LogP contribution is 2.32. The maximum atomic E-state index is 12.9. The van der Waals surface area contributed by atoms with Crippen molar-refractivity contribution >= 4 is 28.5 Å². The predicted molar refractivity (Wildman–Crippen MR) is 144 cm³/mol. The summed E-state index contributed by atoms with van der Waals surface area (Å²) in [6, 6.07) is 18.4. The third kappa shape index (κ3) is 5.89. The first-order chi connectivity index (χ1) is 17.8. The van der Waals surface area contributed by atoms with Crippen LogP contribution in [0, 0.1) is 20.8 Å². The first-order valence-electron chi connectivity index (χ1n) is 12.1. The maximum absolute atomic E-state index is 12.9. The van der Waals surface area contributed by atoms with Crippen molar-refractivity contribution in [3.05, 3.63) is 82.9 Å². The van der Waals surface area contributed by atoms with E-state index in [1.54, 1.807) is 38.3 Å². The number of rotatable bonds is 8. The number of pyridine rings is 1. The lowest BCUT2D eigenvalue weighted by molar-refractivity contribution is -0.118. The van der Waals surface area contributed by atoms with Crippen LogP contribution in [0.15, 0.2) is 60.7 Å². The quantitative estimate of drug-likeness (QED) is 0.299. The molecule has 0 bridgehead atoms. The number of aromatic nitrogens is 1. The van der Waals surface area contributed by atoms with Gasteiger partial charge in [-0.2, -0.15) is 0 Å². The summed E-state index contributed by atoms with van der Waals surface area (Å²) >= 11 is 0. The van der Waals surface area contributed by atoms with Gasteiger partial charge >= 0.3 is 5.97 Å². The Hall–Kier alpha value is -4.39. The van der Waals surface area contributed by atoms with Crippen LogP contribution >= 0.6 is 0 Å². The molecule has 0 spiro atoms. The molecule has 0 aliphatic heterocycles. The number of esters is 1. The summed E-state index contributed by atoms with van der Waals surface area (Å²) in [7, 11) is 1.61. The zero-order chi connectivity index (χ0) is 26.5. The van der Waals surface area contributed by atoms with Crippen LogP contribution in [0.5, 0.6) is 11.5 Å². The standard InChI is InChI=1S/C30H30N2O5/c1-6-36-30(34)22-10-11-25-24(15-22)27(16-26(31-25)21-8-7-9-23(14-21)35-5)37-17-28(33)32-29-19(3)12-18(2)13-20(29)4/h7-16H,6,17H2,1-5H3,(H,32,33). The molecule has 7 nitrogen and oxygen atoms in total. The van der Waals surface area contributed by atoms with Gasteiger partial charge in [0.25, 0.3) is 5.91 Å². The number of amides is 1. The molecular formula is C30H30N2O5. The molecule has 1 aromatic heterocycles. The molecular weight excluding hydrogens is 468 g/mol. The van der Waals surface area contributed by atoms with Crippen LogP contribution in [0.2, 0.25) is 0 Å². The van der Waals surface area contributed by atoms with Crippen LogP contribution < -0.4 is 14.8 Å². The number of hydrogen-bond acceptors (Lipinski definition) is 6. The fourth-order valence-corrected chi connectivity index (χ4v) is 4.28. The zero-order valence-electron chi connectivity index (χ0n) is 21.7. The Morgan fingerprint density at radius 3 is 2.41 bits per heavy atom. The molecule has 0 radical (unpaired) electrons. The van der Waals surface area contributed by atoms with Crippen LogP contribution in [-0.4, -0.2) is 37.2 Å². The van der Waals surface area contributed by atoms with Gasteiger partial charge in [-0.3, -0.25) is 4.79 Å². The van der Waals surface area contributed by atoms with Crippen molar-refractivity contribution in [1.29, 1.82) is 0 Å². The fraction of sp³-hybridized carbons (Fsp3) is 0.233. The summed E-state index contributed by atoms with van der Waals surface area (Å²) in [5.74, 6) is 0.406. The van der Waals surface area contributed by atoms with E-state index in [1.165, 1.54) is 0 Å². The van der Waals surface area contributed by atoms with Crippen molar-refractivity contribution in [2.24, 2.45) is 0 Å². The van der Waals surface area contributed by atoms with Crippen LogP contribution in [0.25, 0.3) is 22.2 Å². The van der Waals surface area contributed by atoms with E-state index in [4.69, 9.17) is 19.2 Å². The molecule has 4 aromatic rings. The monoisotopic (exact) mass is 498 g/mol. The highest BCUT2D eigenvalue weighted by Gasteiger charge is 2.16. The van der Waals surface area contributed by atoms with Crippen molar-refractivity contribution < 1.29 is 23.8 Å². The van der Waals surface area contributed by atoms with Gasteiger partial charge in [0.05, 0.1) is 30.5 Å². The topological polar surface area (TPSA) is 86.8 Å². The van der Waals surface area contributed by atoms with E-state index in [0.717, 1.165) is 27.9 Å². The minimum Gasteiger partial charge on any atom is -0.497 e. The Kier molecular flexibility index (Phi) is 7.72. The van der Waals surface area contributed by atoms with E-state index in [-0.39, 0.29) is 19.1 Å². The number of carbonyl (C=O) groups excluding carboxylic acids is 2. The van der Waals surface area contributed by atoms with Crippen molar-refractivity contribution in [2.45, 2.75) is 27.7 Å². The number of benzene rings is 3. The molecule has 3 aromatic carbocycles. The fourth-order valence-electron chi connectivity index (χ4n) is 4.28. The van der Waals surface area contributed by atoms with E-state index < -0.39 is 5.97 Å². The number of carbonyl (C=O) groups is 2. The lowest BCUT2D eigenvalue weighted by Crippen LogP contribution is -2.21. The van der Waals surface area contributed by atoms with Crippen LogP contribution in [-0.2, 0) is 9.53 Å². The number of aryl methyl sites for hydroxylation is 3. The van der Waals surface area contributed by atoms with Gasteiger partial charge < -0.3 is 19.5 Å². The summed E-state index contributed by atoms with van der Waals surface area (Å²) in [6.07, 6.45) is 0. The van der Waals surface area contributed by atoms with E-state index in [2.05, 4.69) is 5.32 Å². The summed E-state index contributed by atoms with van der Waals surface area (Å²) in [6.45, 7) is 7.76. The van der Waals surface area contributed by atoms with Gasteiger partial charge in [0.2, 0.25) is 0 Å². The number of methoxy groups -OCH3 is 1. The number of nitrogens with zero attached hydrogens (tertiary/aromatic N) is 1. The molecule has 0 saturated carbocycles. The lowest BCUT2D eigenvalue weighted by Gasteiger charge is -2.15.